The van der Waals surface area contributed by atoms with Gasteiger partial charge in [-0.25, -0.2) is 9.78 Å². The van der Waals surface area contributed by atoms with Crippen LogP contribution in [-0.4, -0.2) is 78.6 Å². The van der Waals surface area contributed by atoms with Crippen molar-refractivity contribution in [2.75, 3.05) is 27.4 Å². The second-order valence-corrected chi connectivity index (χ2v) is 11.8. The summed E-state index contributed by atoms with van der Waals surface area (Å²) in [6.45, 7) is 13.0. The molecule has 0 unspecified atom stereocenters. The molecule has 0 spiro atoms. The molecule has 0 bridgehead atoms. The maximum Gasteiger partial charge on any atom is 0.494 e. The summed E-state index contributed by atoms with van der Waals surface area (Å²) in [7, 11) is 2.52. The van der Waals surface area contributed by atoms with Gasteiger partial charge in [0.05, 0.1) is 42.9 Å². The van der Waals surface area contributed by atoms with E-state index in [9.17, 15) is 9.59 Å². The number of hydrogen-bond donors (Lipinski definition) is 2. The van der Waals surface area contributed by atoms with Crippen molar-refractivity contribution in [3.8, 4) is 11.3 Å². The minimum absolute atomic E-state index is 0.117. The van der Waals surface area contributed by atoms with Crippen LogP contribution in [0.4, 0.5) is 4.79 Å². The van der Waals surface area contributed by atoms with Gasteiger partial charge in [0.2, 0.25) is 5.91 Å². The van der Waals surface area contributed by atoms with E-state index in [1.165, 1.54) is 7.11 Å². The summed E-state index contributed by atoms with van der Waals surface area (Å²) in [4.78, 5) is 35.5. The Bertz CT molecular complexity index is 1150. The van der Waals surface area contributed by atoms with Gasteiger partial charge in [-0.2, -0.15) is 0 Å². The van der Waals surface area contributed by atoms with Crippen LogP contribution in [-0.2, 0) is 23.6 Å². The van der Waals surface area contributed by atoms with E-state index in [0.29, 0.717) is 25.4 Å². The standard InChI is InChI=1S/C28H41BN4O6/c1-17(2)23(32-26(35)37-8)25(34)33-15-18(16-36-7)13-22(33)24-30-14-21(31-24)19-9-11-20(12-10-19)29-38-27(3,4)28(5,6)39-29/h9-12,14,17-18,22-23H,13,15-16H2,1-8H3,(H,30,31)(H,32,35)/t18-,22-,23-/m0/s1. The lowest BCUT2D eigenvalue weighted by molar-refractivity contribution is -0.135. The zero-order valence-corrected chi connectivity index (χ0v) is 24.2. The van der Waals surface area contributed by atoms with Gasteiger partial charge < -0.3 is 34.0 Å². The number of carbonyl (C=O) groups is 2. The normalized spacial score (nSPS) is 22.8. The Morgan fingerprint density at radius 3 is 2.36 bits per heavy atom. The Morgan fingerprint density at radius 1 is 1.15 bits per heavy atom. The first-order valence-electron chi connectivity index (χ1n) is 13.5. The van der Waals surface area contributed by atoms with Crippen molar-refractivity contribution in [2.45, 2.75) is 71.2 Å². The van der Waals surface area contributed by atoms with Crippen molar-refractivity contribution < 1.29 is 28.4 Å². The Hall–Kier alpha value is -2.89. The lowest BCUT2D eigenvalue weighted by atomic mass is 9.79. The van der Waals surface area contributed by atoms with Crippen molar-refractivity contribution >= 4 is 24.6 Å². The summed E-state index contributed by atoms with van der Waals surface area (Å²) in [5, 5.41) is 2.70. The zero-order valence-electron chi connectivity index (χ0n) is 24.2. The second kappa shape index (κ2) is 11.3. The van der Waals surface area contributed by atoms with E-state index in [1.54, 1.807) is 18.2 Å². The van der Waals surface area contributed by atoms with Gasteiger partial charge >= 0.3 is 13.2 Å². The number of hydrogen-bond acceptors (Lipinski definition) is 7. The summed E-state index contributed by atoms with van der Waals surface area (Å²) in [6.07, 6.45) is 1.87. The fourth-order valence-electron chi connectivity index (χ4n) is 5.11. The van der Waals surface area contributed by atoms with Crippen molar-refractivity contribution in [3.05, 3.63) is 36.3 Å². The monoisotopic (exact) mass is 540 g/mol. The van der Waals surface area contributed by atoms with Crippen LogP contribution >= 0.6 is 0 Å². The fraction of sp³-hybridized carbons (Fsp3) is 0.607. The lowest BCUT2D eigenvalue weighted by Crippen LogP contribution is -2.51. The van der Waals surface area contributed by atoms with Gasteiger partial charge in [0.25, 0.3) is 0 Å². The molecule has 10 nitrogen and oxygen atoms in total. The zero-order chi connectivity index (χ0) is 28.5. The van der Waals surface area contributed by atoms with E-state index in [4.69, 9.17) is 18.8 Å². The second-order valence-electron chi connectivity index (χ2n) is 11.8. The maximum absolute atomic E-state index is 13.7. The average Bonchev–Trinajstić information content (AvgIpc) is 3.58. The maximum atomic E-state index is 13.7. The number of amides is 2. The Kier molecular flexibility index (Phi) is 8.44. The van der Waals surface area contributed by atoms with Crippen LogP contribution in [0.25, 0.3) is 11.3 Å². The van der Waals surface area contributed by atoms with Crippen LogP contribution in [0.3, 0.4) is 0 Å². The molecule has 2 saturated heterocycles. The van der Waals surface area contributed by atoms with Gasteiger partial charge in [0.1, 0.15) is 11.9 Å². The van der Waals surface area contributed by atoms with Gasteiger partial charge in [0.15, 0.2) is 0 Å². The number of aromatic nitrogens is 2. The van der Waals surface area contributed by atoms with Gasteiger partial charge in [-0.15, -0.1) is 0 Å². The molecular formula is C28H41BN4O6. The number of alkyl carbamates (subject to hydrolysis) is 1. The highest BCUT2D eigenvalue weighted by Crippen LogP contribution is 2.37. The van der Waals surface area contributed by atoms with Crippen molar-refractivity contribution in [1.82, 2.24) is 20.2 Å². The third-order valence-corrected chi connectivity index (χ3v) is 8.12. The molecule has 0 radical (unpaired) electrons. The van der Waals surface area contributed by atoms with E-state index in [1.807, 2.05) is 65.8 Å². The molecular weight excluding hydrogens is 499 g/mol. The van der Waals surface area contributed by atoms with Crippen LogP contribution in [0.2, 0.25) is 0 Å². The number of nitrogens with zero attached hydrogens (tertiary/aromatic N) is 2. The van der Waals surface area contributed by atoms with Crippen LogP contribution in [0, 0.1) is 11.8 Å². The summed E-state index contributed by atoms with van der Waals surface area (Å²) in [5.74, 6) is 0.576. The minimum Gasteiger partial charge on any atom is -0.453 e. The molecule has 3 atom stereocenters. The van der Waals surface area contributed by atoms with E-state index in [-0.39, 0.29) is 23.8 Å². The fourth-order valence-corrected chi connectivity index (χ4v) is 5.11. The number of rotatable bonds is 8. The predicted molar refractivity (Wildman–Crippen MR) is 148 cm³/mol. The summed E-state index contributed by atoms with van der Waals surface area (Å²) >= 11 is 0. The van der Waals surface area contributed by atoms with Crippen molar-refractivity contribution in [3.63, 3.8) is 0 Å². The number of benzene rings is 1. The first-order chi connectivity index (χ1) is 18.4. The van der Waals surface area contributed by atoms with E-state index in [0.717, 1.165) is 16.7 Å². The summed E-state index contributed by atoms with van der Waals surface area (Å²) in [5.41, 5.74) is 1.96. The third-order valence-electron chi connectivity index (χ3n) is 8.12. The van der Waals surface area contributed by atoms with E-state index >= 15 is 0 Å². The highest BCUT2D eigenvalue weighted by Gasteiger charge is 2.51. The molecule has 2 N–H and O–H groups in total. The largest absolute Gasteiger partial charge is 0.494 e. The summed E-state index contributed by atoms with van der Waals surface area (Å²) in [6, 6.07) is 7.05. The molecule has 39 heavy (non-hydrogen) atoms. The smallest absolute Gasteiger partial charge is 0.453 e. The third kappa shape index (κ3) is 6.00. The van der Waals surface area contributed by atoms with Gasteiger partial charge in [-0.05, 0) is 51.1 Å². The Labute approximate surface area is 231 Å². The Morgan fingerprint density at radius 2 is 1.79 bits per heavy atom. The van der Waals surface area contributed by atoms with Gasteiger partial charge in [-0.1, -0.05) is 38.1 Å². The van der Waals surface area contributed by atoms with Gasteiger partial charge in [-0.3, -0.25) is 4.79 Å². The number of likely N-dealkylation sites (tertiary alicyclic amines) is 1. The van der Waals surface area contributed by atoms with Crippen LogP contribution < -0.4 is 10.8 Å². The van der Waals surface area contributed by atoms with E-state index in [2.05, 4.69) is 15.3 Å². The predicted octanol–water partition coefficient (Wildman–Crippen LogP) is 3.29. The minimum atomic E-state index is -0.710. The average molecular weight is 540 g/mol. The molecule has 11 heteroatoms. The molecule has 3 heterocycles. The molecule has 1 aromatic heterocycles. The van der Waals surface area contributed by atoms with Crippen LogP contribution in [0.1, 0.15) is 59.8 Å². The molecule has 4 rings (SSSR count). The Balaban J connectivity index is 1.54. The molecule has 2 aromatic rings. The molecule has 0 saturated carbocycles. The van der Waals surface area contributed by atoms with Crippen molar-refractivity contribution in [2.24, 2.45) is 11.8 Å². The molecule has 2 aliphatic heterocycles. The number of aromatic amines is 1. The van der Waals surface area contributed by atoms with E-state index < -0.39 is 30.5 Å². The molecule has 2 aliphatic rings. The van der Waals surface area contributed by atoms with Crippen molar-refractivity contribution in [1.29, 1.82) is 0 Å². The van der Waals surface area contributed by atoms with Crippen LogP contribution in [0.5, 0.6) is 0 Å². The van der Waals surface area contributed by atoms with Gasteiger partial charge in [0, 0.05) is 19.6 Å². The first kappa shape index (κ1) is 29.1. The topological polar surface area (TPSA) is 115 Å². The number of nitrogens with one attached hydrogen (secondary N) is 2. The molecule has 2 amide bonds. The summed E-state index contributed by atoms with van der Waals surface area (Å²) < 4.78 is 22.5. The van der Waals surface area contributed by atoms with Crippen LogP contribution in [0.15, 0.2) is 30.5 Å². The molecule has 2 fully saturated rings. The number of ether oxygens (including phenoxy) is 2. The quantitative estimate of drug-likeness (QED) is 0.494. The molecule has 0 aliphatic carbocycles. The number of H-pyrrole nitrogens is 1. The lowest BCUT2D eigenvalue weighted by Gasteiger charge is -2.32. The number of imidazole rings is 1. The molecule has 212 valence electrons. The number of methoxy groups -OCH3 is 2. The number of carbonyl (C=O) groups excluding carboxylic acids is 2. The first-order valence-corrected chi connectivity index (χ1v) is 13.5. The highest BCUT2D eigenvalue weighted by atomic mass is 16.7. The molecule has 1 aromatic carbocycles. The highest BCUT2D eigenvalue weighted by molar-refractivity contribution is 6.62. The SMILES string of the molecule is COC[C@H]1C[C@@H](c2ncc(-c3ccc(B4OC(C)(C)C(C)(C)O4)cc3)[nH]2)N(C(=O)[C@@H](NC(=O)OC)C(C)C)C1.